The van der Waals surface area contributed by atoms with E-state index in [2.05, 4.69) is 0 Å². The first-order chi connectivity index (χ1) is 26.4. The van der Waals surface area contributed by atoms with E-state index in [1.165, 1.54) is 0 Å². The number of carbonyl (C=O) groups is 3. The second-order valence-electron chi connectivity index (χ2n) is 13.7. The van der Waals surface area contributed by atoms with Crippen LogP contribution in [0.3, 0.4) is 0 Å². The van der Waals surface area contributed by atoms with Gasteiger partial charge in [-0.3, -0.25) is 14.4 Å². The number of methoxy groups -OCH3 is 3. The van der Waals surface area contributed by atoms with Gasteiger partial charge in [0, 0.05) is 52.2 Å². The summed E-state index contributed by atoms with van der Waals surface area (Å²) < 4.78 is 16.7. The number of ether oxygens (including phenoxy) is 3. The molecule has 0 N–H and O–H groups in total. The van der Waals surface area contributed by atoms with E-state index in [0.29, 0.717) is 33.9 Å². The first-order valence-corrected chi connectivity index (χ1v) is 18.1. The lowest BCUT2D eigenvalue weighted by molar-refractivity contribution is 0.0495. The van der Waals surface area contributed by atoms with Crippen LogP contribution in [0.4, 0.5) is 0 Å². The molecule has 0 aromatic heterocycles. The van der Waals surface area contributed by atoms with E-state index < -0.39 is 35.5 Å². The van der Waals surface area contributed by atoms with Gasteiger partial charge in [-0.2, -0.15) is 0 Å². The molecule has 54 heavy (non-hydrogen) atoms. The van der Waals surface area contributed by atoms with Crippen LogP contribution >= 0.6 is 0 Å². The Labute approximate surface area is 316 Å². The van der Waals surface area contributed by atoms with Crippen LogP contribution in [0.5, 0.6) is 17.2 Å². The zero-order chi connectivity index (χ0) is 37.6. The third kappa shape index (κ3) is 7.07. The van der Waals surface area contributed by atoms with Gasteiger partial charge in [0.05, 0.1) is 21.3 Å². The fourth-order valence-corrected chi connectivity index (χ4v) is 8.43. The van der Waals surface area contributed by atoms with Crippen LogP contribution in [0.25, 0.3) is 0 Å². The van der Waals surface area contributed by atoms with Crippen LogP contribution < -0.4 is 14.2 Å². The predicted molar refractivity (Wildman–Crippen MR) is 210 cm³/mol. The fourth-order valence-electron chi connectivity index (χ4n) is 8.43. The molecule has 0 saturated heterocycles. The van der Waals surface area contributed by atoms with Gasteiger partial charge in [-0.25, -0.2) is 0 Å². The van der Waals surface area contributed by atoms with Crippen molar-refractivity contribution in [2.75, 3.05) is 21.3 Å². The lowest BCUT2D eigenvalue weighted by Gasteiger charge is -2.51. The van der Waals surface area contributed by atoms with Gasteiger partial charge in [-0.1, -0.05) is 127 Å². The number of benzene rings is 6. The number of hydrogen-bond donors (Lipinski definition) is 0. The van der Waals surface area contributed by atoms with Crippen LogP contribution in [-0.2, 0) is 0 Å². The van der Waals surface area contributed by atoms with Crippen LogP contribution in [0, 0.1) is 17.8 Å². The summed E-state index contributed by atoms with van der Waals surface area (Å²) in [6.45, 7) is 0. The average Bonchev–Trinajstić information content (AvgIpc) is 3.25. The molecular weight excluding hydrogens is 673 g/mol. The van der Waals surface area contributed by atoms with Crippen LogP contribution in [0.1, 0.15) is 65.5 Å². The van der Waals surface area contributed by atoms with Crippen LogP contribution in [0.15, 0.2) is 164 Å². The van der Waals surface area contributed by atoms with Gasteiger partial charge in [-0.15, -0.1) is 0 Å². The standard InChI is InChI=1S/C48H42O6/c1-52-37-25-19-31(20-26-37)40-43(46(49)34-13-7-4-8-14-34)41(32-21-27-38(53-2)28-22-32)45(48(51)36-17-11-6-12-18-36)42(33-23-29-39(54-3)30-24-33)44(40)47(50)35-15-9-5-10-16-35/h4-30,40-45H,1-3H3. The number of hydrogen-bond acceptors (Lipinski definition) is 6. The van der Waals surface area contributed by atoms with E-state index in [4.69, 9.17) is 14.2 Å². The van der Waals surface area contributed by atoms with Crippen molar-refractivity contribution in [1.82, 2.24) is 0 Å². The van der Waals surface area contributed by atoms with E-state index in [-0.39, 0.29) is 17.3 Å². The Hall–Kier alpha value is -6.27. The fraction of sp³-hybridized carbons (Fsp3) is 0.188. The summed E-state index contributed by atoms with van der Waals surface area (Å²) in [6, 6.07) is 50.6. The van der Waals surface area contributed by atoms with E-state index in [0.717, 1.165) is 16.7 Å². The lowest BCUT2D eigenvalue weighted by atomic mass is 9.49. The molecule has 1 fully saturated rings. The summed E-state index contributed by atoms with van der Waals surface area (Å²) in [6.07, 6.45) is 0. The molecule has 0 atom stereocenters. The molecule has 6 aromatic rings. The van der Waals surface area contributed by atoms with Gasteiger partial charge in [0.2, 0.25) is 0 Å². The average molecular weight is 715 g/mol. The monoisotopic (exact) mass is 714 g/mol. The molecule has 0 bridgehead atoms. The minimum atomic E-state index is -0.834. The number of carbonyl (C=O) groups excluding carboxylic acids is 3. The van der Waals surface area contributed by atoms with Gasteiger partial charge in [0.15, 0.2) is 17.3 Å². The van der Waals surface area contributed by atoms with Gasteiger partial charge in [0.25, 0.3) is 0 Å². The highest BCUT2D eigenvalue weighted by atomic mass is 16.5. The zero-order valence-electron chi connectivity index (χ0n) is 30.5. The molecule has 6 heteroatoms. The summed E-state index contributed by atoms with van der Waals surface area (Å²) in [7, 11) is 4.83. The molecule has 0 unspecified atom stereocenters. The van der Waals surface area contributed by atoms with Gasteiger partial charge in [0.1, 0.15) is 17.2 Å². The first kappa shape index (κ1) is 36.1. The Balaban J connectivity index is 1.59. The zero-order valence-corrected chi connectivity index (χ0v) is 30.5. The number of ketones is 3. The van der Waals surface area contributed by atoms with Crippen molar-refractivity contribution in [1.29, 1.82) is 0 Å². The summed E-state index contributed by atoms with van der Waals surface area (Å²) in [5.74, 6) is -2.92. The summed E-state index contributed by atoms with van der Waals surface area (Å²) in [4.78, 5) is 46.4. The van der Waals surface area contributed by atoms with Crippen molar-refractivity contribution in [2.24, 2.45) is 17.8 Å². The molecule has 6 aromatic carbocycles. The molecule has 0 amide bonds. The Bertz CT molecular complexity index is 1910. The van der Waals surface area contributed by atoms with Crippen molar-refractivity contribution in [3.63, 3.8) is 0 Å². The minimum Gasteiger partial charge on any atom is -0.497 e. The predicted octanol–water partition coefficient (Wildman–Crippen LogP) is 9.87. The molecule has 0 radical (unpaired) electrons. The largest absolute Gasteiger partial charge is 0.497 e. The van der Waals surface area contributed by atoms with E-state index in [1.54, 1.807) is 21.3 Å². The van der Waals surface area contributed by atoms with Gasteiger partial charge in [-0.05, 0) is 53.1 Å². The molecule has 0 spiro atoms. The van der Waals surface area contributed by atoms with Gasteiger partial charge < -0.3 is 14.2 Å². The molecule has 1 aliphatic rings. The van der Waals surface area contributed by atoms with Crippen LogP contribution in [-0.4, -0.2) is 38.7 Å². The third-order valence-corrected chi connectivity index (χ3v) is 10.9. The van der Waals surface area contributed by atoms with Crippen LogP contribution in [0.2, 0.25) is 0 Å². The molecule has 0 aliphatic heterocycles. The van der Waals surface area contributed by atoms with E-state index in [1.807, 2.05) is 164 Å². The molecular formula is C48H42O6. The molecule has 6 nitrogen and oxygen atoms in total. The SMILES string of the molecule is COc1ccc(C2C(C(=O)c3ccccc3)C(c3ccc(OC)cc3)C(C(=O)c3ccccc3)C(c3ccc(OC)cc3)C2C(=O)c2ccccc2)cc1. The summed E-state index contributed by atoms with van der Waals surface area (Å²) >= 11 is 0. The molecule has 0 heterocycles. The van der Waals surface area contributed by atoms with Crippen molar-refractivity contribution in [3.8, 4) is 17.2 Å². The molecule has 1 saturated carbocycles. The molecule has 270 valence electrons. The summed E-state index contributed by atoms with van der Waals surface area (Å²) in [5, 5.41) is 0. The van der Waals surface area contributed by atoms with Crippen molar-refractivity contribution < 1.29 is 28.6 Å². The normalized spacial score (nSPS) is 20.7. The second kappa shape index (κ2) is 16.2. The Kier molecular flexibility index (Phi) is 10.8. The van der Waals surface area contributed by atoms with Crippen molar-refractivity contribution in [3.05, 3.63) is 197 Å². The van der Waals surface area contributed by atoms with Gasteiger partial charge >= 0.3 is 0 Å². The maximum atomic E-state index is 15.5. The highest BCUT2D eigenvalue weighted by Gasteiger charge is 2.58. The van der Waals surface area contributed by atoms with E-state index in [9.17, 15) is 0 Å². The third-order valence-electron chi connectivity index (χ3n) is 10.9. The Morgan fingerprint density at radius 1 is 0.333 bits per heavy atom. The Morgan fingerprint density at radius 3 is 0.759 bits per heavy atom. The number of rotatable bonds is 12. The quantitative estimate of drug-likeness (QED) is 0.118. The summed E-state index contributed by atoms with van der Waals surface area (Å²) in [5.41, 5.74) is 3.96. The minimum absolute atomic E-state index is 0.137. The first-order valence-electron chi connectivity index (χ1n) is 18.1. The van der Waals surface area contributed by atoms with E-state index >= 15 is 14.4 Å². The lowest BCUT2D eigenvalue weighted by Crippen LogP contribution is -2.51. The number of Topliss-reactive ketones (excluding diaryl/α,β-unsaturated/α-hetero) is 3. The van der Waals surface area contributed by atoms with Crippen molar-refractivity contribution >= 4 is 17.3 Å². The van der Waals surface area contributed by atoms with Crippen molar-refractivity contribution in [2.45, 2.75) is 17.8 Å². The smallest absolute Gasteiger partial charge is 0.167 e. The second-order valence-corrected chi connectivity index (χ2v) is 13.7. The molecule has 7 rings (SSSR count). The Morgan fingerprint density at radius 2 is 0.556 bits per heavy atom. The maximum absolute atomic E-state index is 15.5. The molecule has 1 aliphatic carbocycles. The topological polar surface area (TPSA) is 78.9 Å². The highest BCUT2D eigenvalue weighted by Crippen LogP contribution is 2.60. The highest BCUT2D eigenvalue weighted by molar-refractivity contribution is 6.06. The maximum Gasteiger partial charge on any atom is 0.167 e.